The molecule has 25 heavy (non-hydrogen) atoms. The van der Waals surface area contributed by atoms with Crippen molar-refractivity contribution in [2.75, 3.05) is 5.32 Å². The van der Waals surface area contributed by atoms with Crippen molar-refractivity contribution in [3.8, 4) is 0 Å². The summed E-state index contributed by atoms with van der Waals surface area (Å²) in [5.74, 6) is -0.537. The van der Waals surface area contributed by atoms with Gasteiger partial charge in [0, 0.05) is 12.6 Å². The lowest BCUT2D eigenvalue weighted by atomic mass is 10.2. The Kier molecular flexibility index (Phi) is 6.11. The van der Waals surface area contributed by atoms with E-state index in [9.17, 15) is 17.6 Å². The summed E-state index contributed by atoms with van der Waals surface area (Å²) in [7, 11) is -3.60. The Morgan fingerprint density at radius 3 is 2.52 bits per heavy atom. The van der Waals surface area contributed by atoms with Crippen molar-refractivity contribution in [2.45, 2.75) is 31.3 Å². The summed E-state index contributed by atoms with van der Waals surface area (Å²) in [5.41, 5.74) is 0.674. The largest absolute Gasteiger partial charge is 0.334 e. The highest BCUT2D eigenvalue weighted by molar-refractivity contribution is 7.89. The standard InChI is InChI=1S/C17H20FN3O3S/c1-12(2)21-25(23,24)14-7-5-6-13(10-14)11-19-17(22)20-16-9-4-3-8-15(16)18/h3-10,12,21H,11H2,1-2H3,(H2,19,20,22). The van der Waals surface area contributed by atoms with Crippen molar-refractivity contribution < 1.29 is 17.6 Å². The summed E-state index contributed by atoms with van der Waals surface area (Å²) in [5, 5.41) is 4.96. The second-order valence-electron chi connectivity index (χ2n) is 5.71. The summed E-state index contributed by atoms with van der Waals surface area (Å²) in [6.45, 7) is 3.57. The van der Waals surface area contributed by atoms with Crippen LogP contribution in [-0.2, 0) is 16.6 Å². The van der Waals surface area contributed by atoms with Gasteiger partial charge in [-0.3, -0.25) is 0 Å². The third-order valence-corrected chi connectivity index (χ3v) is 4.83. The first kappa shape index (κ1) is 18.9. The second-order valence-corrected chi connectivity index (χ2v) is 7.42. The van der Waals surface area contributed by atoms with E-state index >= 15 is 0 Å². The van der Waals surface area contributed by atoms with Crippen LogP contribution < -0.4 is 15.4 Å². The first-order valence-electron chi connectivity index (χ1n) is 7.68. The van der Waals surface area contributed by atoms with Crippen LogP contribution in [-0.4, -0.2) is 20.5 Å². The van der Waals surface area contributed by atoms with Crippen LogP contribution >= 0.6 is 0 Å². The van der Waals surface area contributed by atoms with E-state index in [1.165, 1.54) is 30.3 Å². The highest BCUT2D eigenvalue weighted by Gasteiger charge is 2.15. The van der Waals surface area contributed by atoms with Gasteiger partial charge in [-0.25, -0.2) is 22.3 Å². The lowest BCUT2D eigenvalue weighted by Crippen LogP contribution is -2.30. The van der Waals surface area contributed by atoms with Gasteiger partial charge in [-0.1, -0.05) is 24.3 Å². The molecule has 2 aromatic carbocycles. The number of hydrogen-bond donors (Lipinski definition) is 3. The highest BCUT2D eigenvalue weighted by Crippen LogP contribution is 2.13. The molecule has 0 saturated heterocycles. The Morgan fingerprint density at radius 2 is 1.84 bits per heavy atom. The number of anilines is 1. The Labute approximate surface area is 146 Å². The van der Waals surface area contributed by atoms with Gasteiger partial charge in [-0.2, -0.15) is 0 Å². The van der Waals surface area contributed by atoms with Gasteiger partial charge >= 0.3 is 6.03 Å². The summed E-state index contributed by atoms with van der Waals surface area (Å²) < 4.78 is 40.3. The molecule has 0 radical (unpaired) electrons. The van der Waals surface area contributed by atoms with Gasteiger partial charge in [0.2, 0.25) is 10.0 Å². The minimum atomic E-state index is -3.60. The molecule has 2 aromatic rings. The summed E-state index contributed by atoms with van der Waals surface area (Å²) in [6, 6.07) is 11.3. The van der Waals surface area contributed by atoms with E-state index in [4.69, 9.17) is 0 Å². The Morgan fingerprint density at radius 1 is 1.12 bits per heavy atom. The van der Waals surface area contributed by atoms with Crippen molar-refractivity contribution in [3.05, 3.63) is 59.9 Å². The van der Waals surface area contributed by atoms with E-state index in [2.05, 4.69) is 15.4 Å². The fourth-order valence-corrected chi connectivity index (χ4v) is 3.43. The first-order valence-corrected chi connectivity index (χ1v) is 9.17. The number of nitrogens with one attached hydrogen (secondary N) is 3. The SMILES string of the molecule is CC(C)NS(=O)(=O)c1cccc(CNC(=O)Nc2ccccc2F)c1. The third-order valence-electron chi connectivity index (χ3n) is 3.17. The first-order chi connectivity index (χ1) is 11.8. The van der Waals surface area contributed by atoms with E-state index in [1.807, 2.05) is 0 Å². The summed E-state index contributed by atoms with van der Waals surface area (Å²) in [6.07, 6.45) is 0. The van der Waals surface area contributed by atoms with Gasteiger partial charge in [-0.05, 0) is 43.7 Å². The molecule has 8 heteroatoms. The molecule has 2 rings (SSSR count). The fourth-order valence-electron chi connectivity index (χ4n) is 2.11. The number of hydrogen-bond acceptors (Lipinski definition) is 3. The van der Waals surface area contributed by atoms with Crippen LogP contribution in [0.25, 0.3) is 0 Å². The molecule has 0 bridgehead atoms. The number of carbonyl (C=O) groups excluding carboxylic acids is 1. The molecule has 0 aromatic heterocycles. The van der Waals surface area contributed by atoms with E-state index in [0.717, 1.165) is 0 Å². The average molecular weight is 365 g/mol. The molecular weight excluding hydrogens is 345 g/mol. The number of halogens is 1. The van der Waals surface area contributed by atoms with Crippen LogP contribution in [0.15, 0.2) is 53.4 Å². The number of urea groups is 1. The van der Waals surface area contributed by atoms with Crippen LogP contribution in [0.4, 0.5) is 14.9 Å². The lowest BCUT2D eigenvalue weighted by Gasteiger charge is -2.11. The van der Waals surface area contributed by atoms with E-state index in [1.54, 1.807) is 32.0 Å². The van der Waals surface area contributed by atoms with Gasteiger partial charge in [0.05, 0.1) is 10.6 Å². The number of rotatable bonds is 6. The predicted octanol–water partition coefficient (Wildman–Crippen LogP) is 2.83. The van der Waals surface area contributed by atoms with Crippen molar-refractivity contribution in [3.63, 3.8) is 0 Å². The molecule has 6 nitrogen and oxygen atoms in total. The van der Waals surface area contributed by atoms with Gasteiger partial charge in [0.25, 0.3) is 0 Å². The molecule has 0 aliphatic carbocycles. The number of sulfonamides is 1. The van der Waals surface area contributed by atoms with Gasteiger partial charge < -0.3 is 10.6 Å². The number of carbonyl (C=O) groups is 1. The van der Waals surface area contributed by atoms with Crippen molar-refractivity contribution in [1.82, 2.24) is 10.0 Å². The third kappa shape index (κ3) is 5.54. The molecule has 134 valence electrons. The monoisotopic (exact) mass is 365 g/mol. The average Bonchev–Trinajstić information content (AvgIpc) is 2.54. The number of amides is 2. The van der Waals surface area contributed by atoms with E-state index in [-0.39, 0.29) is 23.2 Å². The molecule has 0 fully saturated rings. The molecule has 0 saturated carbocycles. The maximum Gasteiger partial charge on any atom is 0.319 e. The molecule has 3 N–H and O–H groups in total. The lowest BCUT2D eigenvalue weighted by molar-refractivity contribution is 0.251. The fraction of sp³-hybridized carbons (Fsp3) is 0.235. The molecular formula is C17H20FN3O3S. The van der Waals surface area contributed by atoms with Gasteiger partial charge in [0.15, 0.2) is 0 Å². The number of benzene rings is 2. The molecule has 2 amide bonds. The minimum Gasteiger partial charge on any atom is -0.334 e. The van der Waals surface area contributed by atoms with Crippen LogP contribution in [0.3, 0.4) is 0 Å². The van der Waals surface area contributed by atoms with Gasteiger partial charge in [0.1, 0.15) is 5.82 Å². The van der Waals surface area contributed by atoms with Crippen molar-refractivity contribution in [1.29, 1.82) is 0 Å². The van der Waals surface area contributed by atoms with Crippen LogP contribution in [0, 0.1) is 5.82 Å². The highest BCUT2D eigenvalue weighted by atomic mass is 32.2. The zero-order valence-electron chi connectivity index (χ0n) is 13.9. The maximum absolute atomic E-state index is 13.5. The molecule has 0 atom stereocenters. The molecule has 0 aliphatic rings. The molecule has 0 aliphatic heterocycles. The zero-order valence-corrected chi connectivity index (χ0v) is 14.7. The quantitative estimate of drug-likeness (QED) is 0.736. The topological polar surface area (TPSA) is 87.3 Å². The van der Waals surface area contributed by atoms with E-state index < -0.39 is 21.9 Å². The van der Waals surface area contributed by atoms with Crippen molar-refractivity contribution >= 4 is 21.7 Å². The maximum atomic E-state index is 13.5. The Hall–Kier alpha value is -2.45. The molecule has 0 heterocycles. The van der Waals surface area contributed by atoms with Crippen LogP contribution in [0.1, 0.15) is 19.4 Å². The zero-order chi connectivity index (χ0) is 18.4. The second kappa shape index (κ2) is 8.09. The van der Waals surface area contributed by atoms with Gasteiger partial charge in [-0.15, -0.1) is 0 Å². The minimum absolute atomic E-state index is 0.0671. The smallest absolute Gasteiger partial charge is 0.319 e. The normalized spacial score (nSPS) is 11.4. The predicted molar refractivity (Wildman–Crippen MR) is 94.2 cm³/mol. The summed E-state index contributed by atoms with van der Waals surface area (Å²) in [4.78, 5) is 12.0. The van der Waals surface area contributed by atoms with E-state index in [0.29, 0.717) is 5.56 Å². The van der Waals surface area contributed by atoms with Crippen LogP contribution in [0.5, 0.6) is 0 Å². The molecule has 0 spiro atoms. The molecule has 0 unspecified atom stereocenters. The van der Waals surface area contributed by atoms with Crippen molar-refractivity contribution in [2.24, 2.45) is 0 Å². The Bertz CT molecular complexity index is 854. The Balaban J connectivity index is 2.01. The summed E-state index contributed by atoms with van der Waals surface area (Å²) >= 11 is 0. The van der Waals surface area contributed by atoms with Crippen LogP contribution in [0.2, 0.25) is 0 Å². The number of para-hydroxylation sites is 1.